The number of rotatable bonds is 8. The molecule has 0 radical (unpaired) electrons. The van der Waals surface area contributed by atoms with Gasteiger partial charge in [0.15, 0.2) is 0 Å². The number of hydrogen-bond donors (Lipinski definition) is 0. The van der Waals surface area contributed by atoms with Crippen molar-refractivity contribution >= 4 is 10.9 Å². The van der Waals surface area contributed by atoms with Crippen LogP contribution in [-0.4, -0.2) is 37.0 Å². The van der Waals surface area contributed by atoms with Crippen LogP contribution in [-0.2, 0) is 14.5 Å². The molecule has 0 atom stereocenters. The molecule has 3 heteroatoms. The molecule has 0 nitrogen and oxygen atoms in total. The molecule has 0 saturated carbocycles. The molecule has 0 rings (SSSR count). The second-order valence-electron chi connectivity index (χ2n) is 5.32. The van der Waals surface area contributed by atoms with Gasteiger partial charge in [-0.3, -0.25) is 0 Å². The monoisotopic (exact) mass is 374 g/mol. The molecule has 114 valence electrons. The van der Waals surface area contributed by atoms with E-state index in [0.29, 0.717) is 0 Å². The molecule has 0 fully saturated rings. The summed E-state index contributed by atoms with van der Waals surface area (Å²) in [5.74, 6) is 0. The summed E-state index contributed by atoms with van der Waals surface area (Å²) in [6.45, 7) is 15.1. The van der Waals surface area contributed by atoms with Gasteiger partial charge in [-0.15, -0.1) is 0 Å². The van der Waals surface area contributed by atoms with Crippen LogP contribution >= 0.6 is 10.9 Å². The zero-order valence-electron chi connectivity index (χ0n) is 13.6. The summed E-state index contributed by atoms with van der Waals surface area (Å²) < 4.78 is 0. The van der Waals surface area contributed by atoms with E-state index in [1.54, 1.807) is 37.0 Å². The van der Waals surface area contributed by atoms with Crippen molar-refractivity contribution < 1.29 is 14.5 Å². The molecular weight excluding hydrogens is 337 g/mol. The van der Waals surface area contributed by atoms with Gasteiger partial charge in [0.25, 0.3) is 0 Å². The Morgan fingerprint density at radius 1 is 0.529 bits per heavy atom. The average molecular weight is 375 g/mol. The van der Waals surface area contributed by atoms with E-state index >= 15 is 0 Å². The van der Waals surface area contributed by atoms with Crippen molar-refractivity contribution in [2.75, 3.05) is 37.0 Å². The molecule has 0 unspecified atom stereocenters. The van der Waals surface area contributed by atoms with Gasteiger partial charge in [0.2, 0.25) is 0 Å². The third-order valence-electron chi connectivity index (χ3n) is 5.35. The van der Waals surface area contributed by atoms with E-state index in [0.717, 1.165) is 0 Å². The summed E-state index contributed by atoms with van der Waals surface area (Å²) in [5.41, 5.74) is -1.86. The van der Waals surface area contributed by atoms with Crippen molar-refractivity contribution in [2.45, 2.75) is 52.3 Å². The van der Waals surface area contributed by atoms with Gasteiger partial charge in [-0.2, -0.15) is 0 Å². The first kappa shape index (κ1) is 18.5. The second-order valence-corrected chi connectivity index (χ2v) is 40.1. The molecule has 0 bridgehead atoms. The van der Waals surface area contributed by atoms with Crippen LogP contribution in [0.4, 0.5) is 0 Å². The predicted molar refractivity (Wildman–Crippen MR) is 91.6 cm³/mol. The van der Waals surface area contributed by atoms with Gasteiger partial charge >= 0.3 is 115 Å². The first-order chi connectivity index (χ1) is 7.86. The molecule has 0 aliphatic heterocycles. The van der Waals surface area contributed by atoms with Crippen LogP contribution < -0.4 is 0 Å². The molecule has 0 aliphatic carbocycles. The molecule has 0 saturated heterocycles. The standard InChI is InChI=1S/2C6H15P.2CH3.Pd/c2*1-4-7(5-2)6-3;;;/h2*4-6H2,1-3H3;2*1H3;/q;;;;-2/p+2. The topological polar surface area (TPSA) is 0 Å². The molecule has 0 aromatic heterocycles. The Labute approximate surface area is 114 Å². The van der Waals surface area contributed by atoms with E-state index in [-0.39, 0.29) is 0 Å². The van der Waals surface area contributed by atoms with Gasteiger partial charge in [0, 0.05) is 0 Å². The summed E-state index contributed by atoms with van der Waals surface area (Å²) in [6, 6.07) is 0. The summed E-state index contributed by atoms with van der Waals surface area (Å²) in [7, 11) is 0. The zero-order valence-corrected chi connectivity index (χ0v) is 17.1. The van der Waals surface area contributed by atoms with Crippen LogP contribution in [0.5, 0.6) is 0 Å². The molecule has 0 heterocycles. The van der Waals surface area contributed by atoms with E-state index in [2.05, 4.69) is 52.3 Å². The van der Waals surface area contributed by atoms with Gasteiger partial charge in [0.05, 0.1) is 0 Å². The molecule has 0 N–H and O–H groups in total. The molecule has 0 spiro atoms. The van der Waals surface area contributed by atoms with Crippen molar-refractivity contribution in [3.63, 3.8) is 0 Å². The molecule has 0 aromatic rings. The fraction of sp³-hybridized carbons (Fsp3) is 1.00. The van der Waals surface area contributed by atoms with Crippen molar-refractivity contribution in [1.29, 1.82) is 0 Å². The second kappa shape index (κ2) is 7.34. The Balaban J connectivity index is 5.60. The maximum atomic E-state index is 2.82. The van der Waals surface area contributed by atoms with Crippen LogP contribution in [0.15, 0.2) is 0 Å². The van der Waals surface area contributed by atoms with Crippen molar-refractivity contribution in [1.82, 2.24) is 0 Å². The molecule has 0 aliphatic rings. The predicted octanol–water partition coefficient (Wildman–Crippen LogP) is 5.69. The molecule has 0 aromatic carbocycles. The zero-order chi connectivity index (χ0) is 13.7. The van der Waals surface area contributed by atoms with Crippen LogP contribution in [0.25, 0.3) is 0 Å². The third kappa shape index (κ3) is 3.00. The average Bonchev–Trinajstić information content (AvgIpc) is 2.34. The molecular formula is C14H38P2Pd. The van der Waals surface area contributed by atoms with E-state index in [1.807, 2.05) is 0 Å². The summed E-state index contributed by atoms with van der Waals surface area (Å²) in [4.78, 5) is 0. The third-order valence-corrected chi connectivity index (χ3v) is 62.6. The minimum absolute atomic E-state index is 0.932. The van der Waals surface area contributed by atoms with E-state index in [9.17, 15) is 0 Å². The minimum atomic E-state index is -1.12. The van der Waals surface area contributed by atoms with Crippen LogP contribution in [0.1, 0.15) is 41.5 Å². The normalized spacial score (nSPS) is 16.9. The van der Waals surface area contributed by atoms with Crippen LogP contribution in [0.3, 0.4) is 0 Å². The van der Waals surface area contributed by atoms with Gasteiger partial charge in [-0.25, -0.2) is 0 Å². The first-order valence-electron chi connectivity index (χ1n) is 7.31. The Kier molecular flexibility index (Phi) is 8.00. The fourth-order valence-corrected chi connectivity index (χ4v) is 65.1. The van der Waals surface area contributed by atoms with Gasteiger partial charge in [-0.1, -0.05) is 0 Å². The van der Waals surface area contributed by atoms with E-state index in [1.165, 1.54) is 0 Å². The first-order valence-corrected chi connectivity index (χ1v) is 20.0. The van der Waals surface area contributed by atoms with E-state index in [4.69, 9.17) is 0 Å². The van der Waals surface area contributed by atoms with Gasteiger partial charge < -0.3 is 0 Å². The summed E-state index contributed by atoms with van der Waals surface area (Å²) in [6.07, 6.45) is 9.33. The van der Waals surface area contributed by atoms with Gasteiger partial charge in [-0.05, 0) is 0 Å². The Morgan fingerprint density at radius 3 is 0.824 bits per heavy atom. The van der Waals surface area contributed by atoms with Crippen LogP contribution in [0, 0.1) is 0 Å². The maximum absolute atomic E-state index is 2.82. The molecule has 17 heavy (non-hydrogen) atoms. The Hall–Kier alpha value is 1.52. The summed E-state index contributed by atoms with van der Waals surface area (Å²) in [5, 5.41) is 5.63. The Morgan fingerprint density at radius 2 is 0.706 bits per heavy atom. The number of hydrogen-bond acceptors (Lipinski definition) is 0. The van der Waals surface area contributed by atoms with Crippen LogP contribution in [0.2, 0.25) is 10.8 Å². The quantitative estimate of drug-likeness (QED) is 0.378. The molecule has 0 amide bonds. The summed E-state index contributed by atoms with van der Waals surface area (Å²) >= 11 is -1.12. The van der Waals surface area contributed by atoms with Crippen molar-refractivity contribution in [3.05, 3.63) is 0 Å². The van der Waals surface area contributed by atoms with Crippen molar-refractivity contribution in [3.8, 4) is 0 Å². The Bertz CT molecular complexity index is 180. The fourth-order valence-electron chi connectivity index (χ4n) is 3.53. The SMILES string of the molecule is CC[PH](CC)(CC)[Pd]([CH3])([CH3])[PH](CC)(CC)CC. The van der Waals surface area contributed by atoms with Gasteiger partial charge in [0.1, 0.15) is 0 Å². The van der Waals surface area contributed by atoms with Crippen molar-refractivity contribution in [2.24, 2.45) is 0 Å². The van der Waals surface area contributed by atoms with E-state index < -0.39 is 25.4 Å².